The summed E-state index contributed by atoms with van der Waals surface area (Å²) in [7, 11) is 0. The Labute approximate surface area is 187 Å². The molecule has 32 heavy (non-hydrogen) atoms. The highest BCUT2D eigenvalue weighted by atomic mass is 16.4. The molecule has 1 aliphatic heterocycles. The molecule has 3 aromatic carbocycles. The van der Waals surface area contributed by atoms with E-state index in [1.54, 1.807) is 0 Å². The van der Waals surface area contributed by atoms with Crippen molar-refractivity contribution in [3.63, 3.8) is 0 Å². The number of rotatable bonds is 5. The average molecular weight is 425 g/mol. The molecule has 6 heteroatoms. The fourth-order valence-electron chi connectivity index (χ4n) is 3.96. The summed E-state index contributed by atoms with van der Waals surface area (Å²) in [5, 5.41) is 8.33. The first-order valence-electron chi connectivity index (χ1n) is 10.8. The molecule has 0 radical (unpaired) electrons. The predicted molar refractivity (Wildman–Crippen MR) is 123 cm³/mol. The number of carbonyl (C=O) groups excluding carboxylic acids is 1. The number of hydrogen-bond donors (Lipinski definition) is 0. The molecule has 1 saturated heterocycles. The summed E-state index contributed by atoms with van der Waals surface area (Å²) in [6, 6.07) is 27.5. The van der Waals surface area contributed by atoms with Gasteiger partial charge in [-0.25, -0.2) is 0 Å². The fraction of sp³-hybridized carbons (Fsp3) is 0.192. The molecular formula is C26H24N4O2. The Hall–Kier alpha value is -3.77. The van der Waals surface area contributed by atoms with Crippen molar-refractivity contribution in [1.82, 2.24) is 20.0 Å². The molecule has 1 amide bonds. The maximum Gasteiger partial charge on any atom is 0.253 e. The van der Waals surface area contributed by atoms with Gasteiger partial charge in [0.15, 0.2) is 0 Å². The second kappa shape index (κ2) is 9.16. The molecule has 0 spiro atoms. The summed E-state index contributed by atoms with van der Waals surface area (Å²) in [6.07, 6.45) is 0. The minimum atomic E-state index is 0.0361. The minimum Gasteiger partial charge on any atom is -0.416 e. The van der Waals surface area contributed by atoms with Crippen LogP contribution in [0.5, 0.6) is 0 Å². The van der Waals surface area contributed by atoms with Gasteiger partial charge in [-0.1, -0.05) is 54.6 Å². The first kappa shape index (κ1) is 20.2. The van der Waals surface area contributed by atoms with E-state index in [2.05, 4.69) is 39.4 Å². The van der Waals surface area contributed by atoms with Crippen LogP contribution in [0.1, 0.15) is 15.9 Å². The lowest BCUT2D eigenvalue weighted by Crippen LogP contribution is -2.48. The number of benzene rings is 3. The topological polar surface area (TPSA) is 62.5 Å². The Balaban J connectivity index is 1.25. The molecular weight excluding hydrogens is 400 g/mol. The van der Waals surface area contributed by atoms with Crippen LogP contribution in [0.25, 0.3) is 22.9 Å². The van der Waals surface area contributed by atoms with Gasteiger partial charge in [-0.3, -0.25) is 9.69 Å². The van der Waals surface area contributed by atoms with Crippen LogP contribution in [0.3, 0.4) is 0 Å². The third kappa shape index (κ3) is 4.45. The third-order valence-corrected chi connectivity index (χ3v) is 5.71. The Morgan fingerprint density at radius 1 is 0.750 bits per heavy atom. The first-order chi connectivity index (χ1) is 15.8. The van der Waals surface area contributed by atoms with Crippen LogP contribution in [0.4, 0.5) is 0 Å². The molecule has 160 valence electrons. The van der Waals surface area contributed by atoms with E-state index in [1.165, 1.54) is 5.56 Å². The molecule has 0 saturated carbocycles. The lowest BCUT2D eigenvalue weighted by Gasteiger charge is -2.34. The zero-order valence-corrected chi connectivity index (χ0v) is 17.7. The van der Waals surface area contributed by atoms with Gasteiger partial charge in [-0.2, -0.15) is 0 Å². The second-order valence-electron chi connectivity index (χ2n) is 7.91. The number of piperazine rings is 1. The maximum absolute atomic E-state index is 13.1. The van der Waals surface area contributed by atoms with Gasteiger partial charge in [0.2, 0.25) is 11.8 Å². The molecule has 0 atom stereocenters. The molecule has 2 heterocycles. The highest BCUT2D eigenvalue weighted by Gasteiger charge is 2.23. The van der Waals surface area contributed by atoms with Crippen molar-refractivity contribution in [2.24, 2.45) is 0 Å². The van der Waals surface area contributed by atoms with Gasteiger partial charge in [0.05, 0.1) is 0 Å². The van der Waals surface area contributed by atoms with Crippen molar-refractivity contribution in [1.29, 1.82) is 0 Å². The molecule has 5 rings (SSSR count). The minimum absolute atomic E-state index is 0.0361. The molecule has 4 aromatic rings. The van der Waals surface area contributed by atoms with Crippen molar-refractivity contribution < 1.29 is 9.21 Å². The summed E-state index contributed by atoms with van der Waals surface area (Å²) < 4.78 is 5.85. The summed E-state index contributed by atoms with van der Waals surface area (Å²) in [4.78, 5) is 17.4. The lowest BCUT2D eigenvalue weighted by molar-refractivity contribution is 0.0628. The molecule has 6 nitrogen and oxygen atoms in total. The molecule has 0 bridgehead atoms. The van der Waals surface area contributed by atoms with Gasteiger partial charge in [0.1, 0.15) is 0 Å². The number of carbonyl (C=O) groups is 1. The van der Waals surface area contributed by atoms with Crippen LogP contribution in [-0.4, -0.2) is 52.1 Å². The summed E-state index contributed by atoms with van der Waals surface area (Å²) in [5.74, 6) is 0.909. The van der Waals surface area contributed by atoms with E-state index in [4.69, 9.17) is 4.42 Å². The van der Waals surface area contributed by atoms with Crippen molar-refractivity contribution in [2.75, 3.05) is 26.2 Å². The Bertz CT molecular complexity index is 1180. The number of aromatic nitrogens is 2. The van der Waals surface area contributed by atoms with E-state index in [-0.39, 0.29) is 5.91 Å². The van der Waals surface area contributed by atoms with E-state index < -0.39 is 0 Å². The summed E-state index contributed by atoms with van der Waals surface area (Å²) >= 11 is 0. The Morgan fingerprint density at radius 2 is 1.38 bits per heavy atom. The SMILES string of the molecule is O=C(c1cccc(-c2nnc(-c3ccccc3)o2)c1)N1CCN(Cc2ccccc2)CC1. The quantitative estimate of drug-likeness (QED) is 0.476. The van der Waals surface area contributed by atoms with Crippen LogP contribution < -0.4 is 0 Å². The summed E-state index contributed by atoms with van der Waals surface area (Å²) in [6.45, 7) is 4.08. The fourth-order valence-corrected chi connectivity index (χ4v) is 3.96. The van der Waals surface area contributed by atoms with Gasteiger partial charge >= 0.3 is 0 Å². The standard InChI is InChI=1S/C26H24N4O2/c31-26(30-16-14-29(15-17-30)19-20-8-3-1-4-9-20)23-13-7-12-22(18-23)25-28-27-24(32-25)21-10-5-2-6-11-21/h1-13,18H,14-17,19H2. The van der Waals surface area contributed by atoms with Gasteiger partial charge in [0, 0.05) is 49.4 Å². The molecule has 0 aliphatic carbocycles. The van der Waals surface area contributed by atoms with Crippen LogP contribution in [0.2, 0.25) is 0 Å². The average Bonchev–Trinajstić information content (AvgIpc) is 3.36. The van der Waals surface area contributed by atoms with Crippen molar-refractivity contribution in [3.8, 4) is 22.9 Å². The maximum atomic E-state index is 13.1. The van der Waals surface area contributed by atoms with Crippen LogP contribution >= 0.6 is 0 Å². The number of amides is 1. The highest BCUT2D eigenvalue weighted by molar-refractivity contribution is 5.95. The molecule has 1 aromatic heterocycles. The molecule has 0 N–H and O–H groups in total. The van der Waals surface area contributed by atoms with E-state index >= 15 is 0 Å². The molecule has 0 unspecified atom stereocenters. The van der Waals surface area contributed by atoms with Crippen LogP contribution in [0, 0.1) is 0 Å². The Morgan fingerprint density at radius 3 is 2.09 bits per heavy atom. The predicted octanol–water partition coefficient (Wildman–Crippen LogP) is 4.36. The van der Waals surface area contributed by atoms with Gasteiger partial charge in [0.25, 0.3) is 5.91 Å². The number of nitrogens with zero attached hydrogens (tertiary/aromatic N) is 4. The van der Waals surface area contributed by atoms with E-state index in [0.29, 0.717) is 30.4 Å². The second-order valence-corrected chi connectivity index (χ2v) is 7.91. The normalized spacial score (nSPS) is 14.4. The smallest absolute Gasteiger partial charge is 0.253 e. The molecule has 1 fully saturated rings. The van der Waals surface area contributed by atoms with E-state index in [9.17, 15) is 4.79 Å². The van der Waals surface area contributed by atoms with E-state index in [1.807, 2.05) is 65.6 Å². The lowest BCUT2D eigenvalue weighted by atomic mass is 10.1. The van der Waals surface area contributed by atoms with Gasteiger partial charge in [-0.15, -0.1) is 10.2 Å². The largest absolute Gasteiger partial charge is 0.416 e. The van der Waals surface area contributed by atoms with Crippen LogP contribution in [0.15, 0.2) is 89.3 Å². The highest BCUT2D eigenvalue weighted by Crippen LogP contribution is 2.25. The first-order valence-corrected chi connectivity index (χ1v) is 10.8. The van der Waals surface area contributed by atoms with Gasteiger partial charge < -0.3 is 9.32 Å². The monoisotopic (exact) mass is 424 g/mol. The van der Waals surface area contributed by atoms with Crippen molar-refractivity contribution in [3.05, 3.63) is 96.1 Å². The van der Waals surface area contributed by atoms with E-state index in [0.717, 1.165) is 30.8 Å². The van der Waals surface area contributed by atoms with Crippen molar-refractivity contribution >= 4 is 5.91 Å². The van der Waals surface area contributed by atoms with Crippen molar-refractivity contribution in [2.45, 2.75) is 6.54 Å². The van der Waals surface area contributed by atoms with Gasteiger partial charge in [-0.05, 0) is 35.9 Å². The number of hydrogen-bond acceptors (Lipinski definition) is 5. The Kier molecular flexibility index (Phi) is 5.77. The van der Waals surface area contributed by atoms with Crippen LogP contribution in [-0.2, 0) is 6.54 Å². The zero-order valence-electron chi connectivity index (χ0n) is 17.7. The zero-order chi connectivity index (χ0) is 21.8. The molecule has 1 aliphatic rings. The summed E-state index contributed by atoms with van der Waals surface area (Å²) in [5.41, 5.74) is 3.55. The third-order valence-electron chi connectivity index (χ3n) is 5.71.